The molecule has 2 aromatic rings. The van der Waals surface area contributed by atoms with Crippen LogP contribution in [0.5, 0.6) is 0 Å². The van der Waals surface area contributed by atoms with Gasteiger partial charge in [0, 0.05) is 5.56 Å². The molecular formula is C17H18O. The molecule has 0 aliphatic heterocycles. The molecule has 0 aromatic heterocycles. The Balaban J connectivity index is 2.65. The highest BCUT2D eigenvalue weighted by molar-refractivity contribution is 5.79. The Kier molecular flexibility index (Phi) is 3.33. The maximum absolute atomic E-state index is 10.7. The molecule has 0 saturated carbocycles. The fourth-order valence-corrected chi connectivity index (χ4v) is 2.38. The third-order valence-corrected chi connectivity index (χ3v) is 3.70. The third kappa shape index (κ3) is 2.08. The number of rotatable bonds is 2. The van der Waals surface area contributed by atoms with Crippen LogP contribution in [0, 0.1) is 27.7 Å². The van der Waals surface area contributed by atoms with Crippen LogP contribution in [0.4, 0.5) is 0 Å². The Morgan fingerprint density at radius 3 is 1.78 bits per heavy atom. The monoisotopic (exact) mass is 238 g/mol. The fraction of sp³-hybridized carbons (Fsp3) is 0.235. The first-order valence-electron chi connectivity index (χ1n) is 6.17. The number of benzene rings is 2. The number of aryl methyl sites for hydroxylation is 2. The fourth-order valence-electron chi connectivity index (χ4n) is 2.38. The van der Waals surface area contributed by atoms with Crippen LogP contribution >= 0.6 is 0 Å². The van der Waals surface area contributed by atoms with E-state index in [2.05, 4.69) is 33.8 Å². The van der Waals surface area contributed by atoms with E-state index in [1.54, 1.807) is 0 Å². The summed E-state index contributed by atoms with van der Waals surface area (Å²) in [6.07, 6.45) is 0.880. The summed E-state index contributed by atoms with van der Waals surface area (Å²) in [5.74, 6) is 0. The van der Waals surface area contributed by atoms with Crippen LogP contribution in [0.2, 0.25) is 0 Å². The number of aldehydes is 1. The second-order valence-electron chi connectivity index (χ2n) is 4.88. The van der Waals surface area contributed by atoms with Gasteiger partial charge in [-0.05, 0) is 61.1 Å². The molecule has 0 atom stereocenters. The molecular weight excluding hydrogens is 220 g/mol. The summed E-state index contributed by atoms with van der Waals surface area (Å²) in [6.45, 7) is 8.60. The van der Waals surface area contributed by atoms with Crippen molar-refractivity contribution < 1.29 is 4.79 Å². The van der Waals surface area contributed by atoms with Crippen LogP contribution in [-0.4, -0.2) is 6.29 Å². The van der Waals surface area contributed by atoms with Crippen LogP contribution in [0.3, 0.4) is 0 Å². The lowest BCUT2D eigenvalue weighted by atomic mass is 9.89. The maximum atomic E-state index is 10.7. The Morgan fingerprint density at radius 1 is 0.833 bits per heavy atom. The van der Waals surface area contributed by atoms with Crippen molar-refractivity contribution in [2.45, 2.75) is 27.7 Å². The lowest BCUT2D eigenvalue weighted by Gasteiger charge is -2.15. The standard InChI is InChI=1S/C17H18O/c1-11-9-12(2)14(4)17(13(11)3)16-7-5-15(10-18)6-8-16/h5-10H,1-4H3. The van der Waals surface area contributed by atoms with Gasteiger partial charge in [0.1, 0.15) is 6.29 Å². The molecule has 0 saturated heterocycles. The number of carbonyl (C=O) groups excluding carboxylic acids is 1. The molecule has 2 rings (SSSR count). The minimum atomic E-state index is 0.721. The van der Waals surface area contributed by atoms with Gasteiger partial charge in [-0.2, -0.15) is 0 Å². The molecule has 92 valence electrons. The molecule has 0 aliphatic carbocycles. The minimum Gasteiger partial charge on any atom is -0.298 e. The second-order valence-corrected chi connectivity index (χ2v) is 4.88. The Hall–Kier alpha value is -1.89. The first-order chi connectivity index (χ1) is 8.54. The van der Waals surface area contributed by atoms with Gasteiger partial charge in [-0.1, -0.05) is 30.3 Å². The van der Waals surface area contributed by atoms with Gasteiger partial charge in [0.2, 0.25) is 0 Å². The highest BCUT2D eigenvalue weighted by Gasteiger charge is 2.10. The lowest BCUT2D eigenvalue weighted by molar-refractivity contribution is 0.112. The maximum Gasteiger partial charge on any atom is 0.150 e. The van der Waals surface area contributed by atoms with Crippen molar-refractivity contribution in [2.75, 3.05) is 0 Å². The van der Waals surface area contributed by atoms with Gasteiger partial charge >= 0.3 is 0 Å². The lowest BCUT2D eigenvalue weighted by Crippen LogP contribution is -1.95. The molecule has 0 aliphatic rings. The van der Waals surface area contributed by atoms with E-state index in [1.807, 2.05) is 24.3 Å². The molecule has 0 spiro atoms. The van der Waals surface area contributed by atoms with Crippen molar-refractivity contribution in [1.29, 1.82) is 0 Å². The van der Waals surface area contributed by atoms with Gasteiger partial charge < -0.3 is 0 Å². The van der Waals surface area contributed by atoms with Crippen LogP contribution in [-0.2, 0) is 0 Å². The van der Waals surface area contributed by atoms with Gasteiger partial charge in [-0.25, -0.2) is 0 Å². The molecule has 0 N–H and O–H groups in total. The Morgan fingerprint density at radius 2 is 1.33 bits per heavy atom. The van der Waals surface area contributed by atoms with E-state index >= 15 is 0 Å². The zero-order chi connectivity index (χ0) is 13.3. The highest BCUT2D eigenvalue weighted by Crippen LogP contribution is 2.31. The van der Waals surface area contributed by atoms with Crippen molar-refractivity contribution in [1.82, 2.24) is 0 Å². The van der Waals surface area contributed by atoms with E-state index in [0.717, 1.165) is 11.8 Å². The Bertz CT molecular complexity index is 566. The largest absolute Gasteiger partial charge is 0.298 e. The zero-order valence-electron chi connectivity index (χ0n) is 11.4. The second kappa shape index (κ2) is 4.77. The summed E-state index contributed by atoms with van der Waals surface area (Å²) in [6, 6.07) is 10.0. The Labute approximate surface area is 108 Å². The molecule has 0 heterocycles. The molecule has 0 amide bonds. The van der Waals surface area contributed by atoms with E-state index in [0.29, 0.717) is 0 Å². The van der Waals surface area contributed by atoms with Gasteiger partial charge in [0.25, 0.3) is 0 Å². The van der Waals surface area contributed by atoms with Gasteiger partial charge in [-0.3, -0.25) is 4.79 Å². The first-order valence-corrected chi connectivity index (χ1v) is 6.17. The van der Waals surface area contributed by atoms with Crippen LogP contribution in [0.1, 0.15) is 32.6 Å². The summed E-state index contributed by atoms with van der Waals surface area (Å²) in [5, 5.41) is 0. The summed E-state index contributed by atoms with van der Waals surface area (Å²) in [7, 11) is 0. The third-order valence-electron chi connectivity index (χ3n) is 3.70. The molecule has 0 unspecified atom stereocenters. The molecule has 0 bridgehead atoms. The van der Waals surface area contributed by atoms with Crippen molar-refractivity contribution >= 4 is 6.29 Å². The quantitative estimate of drug-likeness (QED) is 0.709. The van der Waals surface area contributed by atoms with Crippen molar-refractivity contribution in [2.24, 2.45) is 0 Å². The summed E-state index contributed by atoms with van der Waals surface area (Å²) in [4.78, 5) is 10.7. The summed E-state index contributed by atoms with van der Waals surface area (Å²) >= 11 is 0. The SMILES string of the molecule is Cc1cc(C)c(C)c(-c2ccc(C=O)cc2)c1C. The van der Waals surface area contributed by atoms with Gasteiger partial charge in [0.15, 0.2) is 0 Å². The van der Waals surface area contributed by atoms with Crippen LogP contribution in [0.25, 0.3) is 11.1 Å². The van der Waals surface area contributed by atoms with Crippen LogP contribution < -0.4 is 0 Å². The number of hydrogen-bond acceptors (Lipinski definition) is 1. The number of carbonyl (C=O) groups is 1. The van der Waals surface area contributed by atoms with E-state index in [4.69, 9.17) is 0 Å². The molecule has 2 aromatic carbocycles. The molecule has 0 radical (unpaired) electrons. The molecule has 1 heteroatoms. The van der Waals surface area contributed by atoms with E-state index in [-0.39, 0.29) is 0 Å². The van der Waals surface area contributed by atoms with Crippen LogP contribution in [0.15, 0.2) is 30.3 Å². The van der Waals surface area contributed by atoms with Crippen molar-refractivity contribution in [3.63, 3.8) is 0 Å². The topological polar surface area (TPSA) is 17.1 Å². The van der Waals surface area contributed by atoms with Gasteiger partial charge in [0.05, 0.1) is 0 Å². The molecule has 18 heavy (non-hydrogen) atoms. The number of hydrogen-bond donors (Lipinski definition) is 0. The smallest absolute Gasteiger partial charge is 0.150 e. The first kappa shape index (κ1) is 12.6. The van der Waals surface area contributed by atoms with E-state index in [9.17, 15) is 4.79 Å². The minimum absolute atomic E-state index is 0.721. The zero-order valence-corrected chi connectivity index (χ0v) is 11.4. The van der Waals surface area contributed by atoms with E-state index in [1.165, 1.54) is 33.4 Å². The van der Waals surface area contributed by atoms with Crippen molar-refractivity contribution in [3.05, 3.63) is 58.1 Å². The predicted molar refractivity (Wildman–Crippen MR) is 76.2 cm³/mol. The predicted octanol–water partition coefficient (Wildman–Crippen LogP) is 4.40. The van der Waals surface area contributed by atoms with E-state index < -0.39 is 0 Å². The van der Waals surface area contributed by atoms with Gasteiger partial charge in [-0.15, -0.1) is 0 Å². The van der Waals surface area contributed by atoms with Crippen molar-refractivity contribution in [3.8, 4) is 11.1 Å². The average molecular weight is 238 g/mol. The summed E-state index contributed by atoms with van der Waals surface area (Å²) in [5.41, 5.74) is 8.46. The summed E-state index contributed by atoms with van der Waals surface area (Å²) < 4.78 is 0. The molecule has 1 nitrogen and oxygen atoms in total. The average Bonchev–Trinajstić information content (AvgIpc) is 2.37. The highest BCUT2D eigenvalue weighted by atomic mass is 16.1. The molecule has 0 fully saturated rings. The normalized spacial score (nSPS) is 10.4.